The van der Waals surface area contributed by atoms with Crippen LogP contribution in [0, 0.1) is 13.8 Å². The molecule has 0 spiro atoms. The van der Waals surface area contributed by atoms with Crippen LogP contribution >= 0.6 is 0 Å². The molecule has 0 saturated carbocycles. The minimum atomic E-state index is -0.496. The van der Waals surface area contributed by atoms with E-state index < -0.39 is 5.97 Å². The average molecular weight is 409 g/mol. The molecule has 0 saturated heterocycles. The molecule has 1 heterocycles. The van der Waals surface area contributed by atoms with Gasteiger partial charge in [-0.1, -0.05) is 6.92 Å². The van der Waals surface area contributed by atoms with Crippen molar-refractivity contribution in [3.63, 3.8) is 0 Å². The highest BCUT2D eigenvalue weighted by Gasteiger charge is 2.19. The van der Waals surface area contributed by atoms with Gasteiger partial charge in [0.1, 0.15) is 11.5 Å². The van der Waals surface area contributed by atoms with E-state index in [2.05, 4.69) is 15.3 Å². The van der Waals surface area contributed by atoms with Gasteiger partial charge >= 0.3 is 5.97 Å². The summed E-state index contributed by atoms with van der Waals surface area (Å²) >= 11 is 0. The van der Waals surface area contributed by atoms with E-state index in [1.165, 1.54) is 0 Å². The van der Waals surface area contributed by atoms with Gasteiger partial charge in [0.2, 0.25) is 0 Å². The Bertz CT molecular complexity index is 1070. The number of ether oxygens (including phenoxy) is 3. The Hall–Kier alpha value is -3.35. The predicted molar refractivity (Wildman–Crippen MR) is 116 cm³/mol. The molecule has 7 nitrogen and oxygen atoms in total. The van der Waals surface area contributed by atoms with Crippen LogP contribution in [0.1, 0.15) is 40.5 Å². The molecule has 30 heavy (non-hydrogen) atoms. The number of aryl methyl sites for hydroxylation is 2. The number of anilines is 1. The van der Waals surface area contributed by atoms with E-state index in [1.807, 2.05) is 51.1 Å². The van der Waals surface area contributed by atoms with E-state index in [0.29, 0.717) is 41.5 Å². The van der Waals surface area contributed by atoms with Crippen LogP contribution < -0.4 is 14.8 Å². The summed E-state index contributed by atoms with van der Waals surface area (Å²) in [6, 6.07) is 9.45. The molecule has 0 atom stereocenters. The first-order chi connectivity index (χ1) is 14.5. The maximum Gasteiger partial charge on any atom is 0.360 e. The van der Waals surface area contributed by atoms with Crippen molar-refractivity contribution < 1.29 is 19.0 Å². The van der Waals surface area contributed by atoms with Gasteiger partial charge in [0.05, 0.1) is 31.9 Å². The second-order valence-electron chi connectivity index (χ2n) is 7.01. The first kappa shape index (κ1) is 21.4. The first-order valence-corrected chi connectivity index (χ1v) is 9.87. The number of esters is 1. The Morgan fingerprint density at radius 2 is 1.70 bits per heavy atom. The maximum atomic E-state index is 12.6. The highest BCUT2D eigenvalue weighted by Crippen LogP contribution is 2.26. The zero-order valence-electron chi connectivity index (χ0n) is 18.0. The van der Waals surface area contributed by atoms with Gasteiger partial charge in [-0.05, 0) is 61.7 Å². The summed E-state index contributed by atoms with van der Waals surface area (Å²) in [4.78, 5) is 21.9. The van der Waals surface area contributed by atoms with Gasteiger partial charge in [-0.25, -0.2) is 14.8 Å². The van der Waals surface area contributed by atoms with Crippen molar-refractivity contribution in [1.82, 2.24) is 9.97 Å². The van der Waals surface area contributed by atoms with Crippen molar-refractivity contribution in [1.29, 1.82) is 0 Å². The summed E-state index contributed by atoms with van der Waals surface area (Å²) in [6.07, 6.45) is 0.731. The summed E-state index contributed by atoms with van der Waals surface area (Å²) in [7, 11) is 3.22. The molecule has 2 aromatic carbocycles. The first-order valence-electron chi connectivity index (χ1n) is 9.87. The van der Waals surface area contributed by atoms with Crippen molar-refractivity contribution in [2.75, 3.05) is 26.1 Å². The van der Waals surface area contributed by atoms with E-state index in [9.17, 15) is 4.79 Å². The Morgan fingerprint density at radius 1 is 1.00 bits per heavy atom. The van der Waals surface area contributed by atoms with E-state index in [4.69, 9.17) is 14.2 Å². The molecule has 1 aromatic heterocycles. The highest BCUT2D eigenvalue weighted by atomic mass is 16.5. The lowest BCUT2D eigenvalue weighted by Crippen LogP contribution is -2.15. The molecule has 0 fully saturated rings. The van der Waals surface area contributed by atoms with Crippen LogP contribution in [0.2, 0.25) is 0 Å². The zero-order chi connectivity index (χ0) is 21.7. The van der Waals surface area contributed by atoms with Crippen molar-refractivity contribution in [2.24, 2.45) is 0 Å². The highest BCUT2D eigenvalue weighted by molar-refractivity contribution is 5.95. The SMILES string of the molecule is CCCOC(=O)c1nc2cc(C)c(C)cc2nc1NCc1cc(OC)ccc1OC. The molecule has 3 rings (SSSR count). The maximum absolute atomic E-state index is 12.6. The molecular formula is C23H27N3O4. The van der Waals surface area contributed by atoms with Crippen molar-refractivity contribution >= 4 is 22.8 Å². The van der Waals surface area contributed by atoms with Crippen LogP contribution in [0.15, 0.2) is 30.3 Å². The number of carbonyl (C=O) groups excluding carboxylic acids is 1. The number of methoxy groups -OCH3 is 2. The Labute approximate surface area is 176 Å². The average Bonchev–Trinajstić information content (AvgIpc) is 2.76. The lowest BCUT2D eigenvalue weighted by atomic mass is 10.1. The molecule has 0 amide bonds. The van der Waals surface area contributed by atoms with Crippen LogP contribution in [0.25, 0.3) is 11.0 Å². The molecule has 3 aromatic rings. The van der Waals surface area contributed by atoms with Gasteiger partial charge in [-0.3, -0.25) is 0 Å². The fraction of sp³-hybridized carbons (Fsp3) is 0.348. The van der Waals surface area contributed by atoms with Gasteiger partial charge in [-0.15, -0.1) is 0 Å². The van der Waals surface area contributed by atoms with Crippen LogP contribution in [-0.4, -0.2) is 36.8 Å². The summed E-state index contributed by atoms with van der Waals surface area (Å²) in [5.41, 5.74) is 4.61. The van der Waals surface area contributed by atoms with Gasteiger partial charge in [0.15, 0.2) is 11.5 Å². The fourth-order valence-corrected chi connectivity index (χ4v) is 3.04. The summed E-state index contributed by atoms with van der Waals surface area (Å²) in [6.45, 7) is 6.68. The predicted octanol–water partition coefficient (Wildman–Crippen LogP) is 4.44. The standard InChI is InChI=1S/C23H27N3O4/c1-6-9-30-23(27)21-22(26-19-11-15(3)14(2)10-18(19)25-21)24-13-16-12-17(28-4)7-8-20(16)29-5/h7-8,10-12H,6,9,13H2,1-5H3,(H,24,26). The molecule has 1 N–H and O–H groups in total. The number of carbonyl (C=O) groups is 1. The smallest absolute Gasteiger partial charge is 0.360 e. The molecule has 0 aliphatic carbocycles. The van der Waals surface area contributed by atoms with E-state index in [0.717, 1.165) is 23.1 Å². The summed E-state index contributed by atoms with van der Waals surface area (Å²) < 4.78 is 16.1. The number of nitrogens with zero attached hydrogens (tertiary/aromatic N) is 2. The van der Waals surface area contributed by atoms with Gasteiger partial charge < -0.3 is 19.5 Å². The van der Waals surface area contributed by atoms with Crippen molar-refractivity contribution in [3.05, 3.63) is 52.7 Å². The molecule has 0 radical (unpaired) electrons. The lowest BCUT2D eigenvalue weighted by molar-refractivity contribution is 0.0499. The largest absolute Gasteiger partial charge is 0.497 e. The number of benzene rings is 2. The van der Waals surface area contributed by atoms with Crippen molar-refractivity contribution in [2.45, 2.75) is 33.7 Å². The lowest BCUT2D eigenvalue weighted by Gasteiger charge is -2.14. The molecule has 7 heteroatoms. The minimum Gasteiger partial charge on any atom is -0.497 e. The third-order valence-corrected chi connectivity index (χ3v) is 4.84. The fourth-order valence-electron chi connectivity index (χ4n) is 3.04. The number of hydrogen-bond acceptors (Lipinski definition) is 7. The molecule has 0 unspecified atom stereocenters. The molecule has 0 aliphatic rings. The van der Waals surface area contributed by atoms with Gasteiger partial charge in [-0.2, -0.15) is 0 Å². The topological polar surface area (TPSA) is 82.6 Å². The number of aromatic nitrogens is 2. The normalized spacial score (nSPS) is 10.7. The van der Waals surface area contributed by atoms with E-state index in [1.54, 1.807) is 14.2 Å². The van der Waals surface area contributed by atoms with Gasteiger partial charge in [0.25, 0.3) is 0 Å². The third kappa shape index (κ3) is 4.62. The third-order valence-electron chi connectivity index (χ3n) is 4.84. The van der Waals surface area contributed by atoms with Crippen LogP contribution in [0.3, 0.4) is 0 Å². The Balaban J connectivity index is 2.00. The zero-order valence-corrected chi connectivity index (χ0v) is 18.0. The Kier molecular flexibility index (Phi) is 6.72. The van der Waals surface area contributed by atoms with Gasteiger partial charge in [0, 0.05) is 12.1 Å². The molecular weight excluding hydrogens is 382 g/mol. The Morgan fingerprint density at radius 3 is 2.33 bits per heavy atom. The number of rotatable bonds is 8. The van der Waals surface area contributed by atoms with Crippen LogP contribution in [-0.2, 0) is 11.3 Å². The van der Waals surface area contributed by atoms with E-state index in [-0.39, 0.29) is 5.69 Å². The second kappa shape index (κ2) is 9.43. The molecule has 158 valence electrons. The van der Waals surface area contributed by atoms with Crippen LogP contribution in [0.5, 0.6) is 11.5 Å². The minimum absolute atomic E-state index is 0.168. The van der Waals surface area contributed by atoms with Crippen molar-refractivity contribution in [3.8, 4) is 11.5 Å². The molecule has 0 aliphatic heterocycles. The van der Waals surface area contributed by atoms with Crippen LogP contribution in [0.4, 0.5) is 5.82 Å². The summed E-state index contributed by atoms with van der Waals surface area (Å²) in [5, 5.41) is 3.23. The quantitative estimate of drug-likeness (QED) is 0.551. The van der Waals surface area contributed by atoms with E-state index >= 15 is 0 Å². The second-order valence-corrected chi connectivity index (χ2v) is 7.01. The number of fused-ring (bicyclic) bond motifs is 1. The molecule has 0 bridgehead atoms. The summed E-state index contributed by atoms with van der Waals surface area (Å²) in [5.74, 6) is 1.30. The number of nitrogens with one attached hydrogen (secondary N) is 1. The number of hydrogen-bond donors (Lipinski definition) is 1. The monoisotopic (exact) mass is 409 g/mol.